The third-order valence-corrected chi connectivity index (χ3v) is 4.26. The Hall–Kier alpha value is -1.40. The molecule has 20 heavy (non-hydrogen) atoms. The van der Waals surface area contributed by atoms with E-state index in [1.54, 1.807) is 0 Å². The largest absolute Gasteiger partial charge is 0.366 e. The Labute approximate surface area is 121 Å². The van der Waals surface area contributed by atoms with Crippen molar-refractivity contribution in [3.63, 3.8) is 0 Å². The van der Waals surface area contributed by atoms with E-state index < -0.39 is 10.7 Å². The van der Waals surface area contributed by atoms with Gasteiger partial charge in [-0.15, -0.1) is 0 Å². The molecule has 1 aromatic rings. The predicted octanol–water partition coefficient (Wildman–Crippen LogP) is 2.81. The molecule has 1 saturated heterocycles. The second-order valence-corrected chi connectivity index (χ2v) is 5.63. The fourth-order valence-electron chi connectivity index (χ4n) is 2.60. The summed E-state index contributed by atoms with van der Waals surface area (Å²) in [4.78, 5) is 12.4. The lowest BCUT2D eigenvalue weighted by Gasteiger charge is -2.37. The van der Waals surface area contributed by atoms with Crippen LogP contribution >= 0.6 is 11.6 Å². The Balaban J connectivity index is 2.36. The Morgan fingerprint density at radius 2 is 2.30 bits per heavy atom. The molecule has 1 heterocycles. The van der Waals surface area contributed by atoms with Crippen molar-refractivity contribution in [2.75, 3.05) is 24.5 Å². The van der Waals surface area contributed by atoms with Crippen molar-refractivity contribution in [1.29, 1.82) is 0 Å². The highest BCUT2D eigenvalue weighted by atomic mass is 35.5. The van der Waals surface area contributed by atoms with Crippen molar-refractivity contribution in [1.82, 2.24) is 0 Å². The van der Waals surface area contributed by atoms with Crippen molar-refractivity contribution in [2.24, 2.45) is 17.6 Å². The van der Waals surface area contributed by atoms with Gasteiger partial charge in [0.1, 0.15) is 11.5 Å². The van der Waals surface area contributed by atoms with E-state index in [-0.39, 0.29) is 16.6 Å². The number of hydrogen-bond donors (Lipinski definition) is 1. The van der Waals surface area contributed by atoms with Gasteiger partial charge >= 0.3 is 0 Å². The third-order valence-electron chi connectivity index (χ3n) is 3.97. The molecule has 0 amide bonds. The van der Waals surface area contributed by atoms with Gasteiger partial charge in [-0.2, -0.15) is 0 Å². The molecule has 1 aromatic carbocycles. The van der Waals surface area contributed by atoms with Crippen molar-refractivity contribution >= 4 is 23.0 Å². The minimum absolute atomic E-state index is 0.103. The first-order valence-electron chi connectivity index (χ1n) is 6.52. The maximum absolute atomic E-state index is 13.4. The summed E-state index contributed by atoms with van der Waals surface area (Å²) in [7, 11) is 0. The van der Waals surface area contributed by atoms with Crippen molar-refractivity contribution in [3.05, 3.63) is 33.1 Å². The summed E-state index contributed by atoms with van der Waals surface area (Å²) in [6, 6.07) is 2.21. The molecule has 2 rings (SSSR count). The second kappa shape index (κ2) is 5.93. The van der Waals surface area contributed by atoms with Crippen LogP contribution in [0.2, 0.25) is 5.02 Å². The number of piperidine rings is 1. The molecule has 2 unspecified atom stereocenters. The van der Waals surface area contributed by atoms with Gasteiger partial charge in [0.25, 0.3) is 5.69 Å². The summed E-state index contributed by atoms with van der Waals surface area (Å²) in [6.07, 6.45) is 0.897. The molecule has 0 bridgehead atoms. The van der Waals surface area contributed by atoms with E-state index in [0.717, 1.165) is 12.5 Å². The Kier molecular flexibility index (Phi) is 4.45. The number of nitrogens with zero attached hydrogens (tertiary/aromatic N) is 2. The molecular weight excluding hydrogens is 285 g/mol. The fraction of sp³-hybridized carbons (Fsp3) is 0.538. The lowest BCUT2D eigenvalue weighted by molar-refractivity contribution is -0.384. The molecule has 5 nitrogen and oxygen atoms in total. The molecule has 0 saturated carbocycles. The van der Waals surface area contributed by atoms with Crippen LogP contribution < -0.4 is 10.6 Å². The standard InChI is InChI=1S/C13H17ClFN3O2/c1-8-2-3-17(7-9(8)6-16)12-4-10(14)11(15)5-13(12)18(19)20/h4-5,8-9H,2-3,6-7,16H2,1H3. The first-order valence-corrected chi connectivity index (χ1v) is 6.90. The van der Waals surface area contributed by atoms with E-state index in [0.29, 0.717) is 31.2 Å². The summed E-state index contributed by atoms with van der Waals surface area (Å²) < 4.78 is 13.4. The third kappa shape index (κ3) is 2.86. The summed E-state index contributed by atoms with van der Waals surface area (Å²) in [6.45, 7) is 3.96. The molecule has 1 aliphatic heterocycles. The molecule has 2 N–H and O–H groups in total. The molecule has 0 spiro atoms. The second-order valence-electron chi connectivity index (χ2n) is 5.22. The lowest BCUT2D eigenvalue weighted by atomic mass is 9.87. The topological polar surface area (TPSA) is 72.4 Å². The van der Waals surface area contributed by atoms with Gasteiger partial charge in [-0.1, -0.05) is 18.5 Å². The van der Waals surface area contributed by atoms with E-state index in [1.165, 1.54) is 6.07 Å². The van der Waals surface area contributed by atoms with E-state index in [9.17, 15) is 14.5 Å². The van der Waals surface area contributed by atoms with Crippen LogP contribution in [-0.4, -0.2) is 24.6 Å². The zero-order valence-electron chi connectivity index (χ0n) is 11.2. The number of nitro groups is 1. The first kappa shape index (κ1) is 15.0. The normalized spacial score (nSPS) is 22.9. The van der Waals surface area contributed by atoms with Crippen LogP contribution in [0.15, 0.2) is 12.1 Å². The highest BCUT2D eigenvalue weighted by Gasteiger charge is 2.29. The molecule has 1 fully saturated rings. The van der Waals surface area contributed by atoms with Crippen LogP contribution in [0.3, 0.4) is 0 Å². The molecule has 110 valence electrons. The van der Waals surface area contributed by atoms with Gasteiger partial charge < -0.3 is 10.6 Å². The minimum atomic E-state index is -0.775. The smallest absolute Gasteiger partial charge is 0.295 e. The summed E-state index contributed by atoms with van der Waals surface area (Å²) >= 11 is 5.76. The van der Waals surface area contributed by atoms with Crippen LogP contribution in [0.4, 0.5) is 15.8 Å². The van der Waals surface area contributed by atoms with E-state index in [2.05, 4.69) is 6.92 Å². The van der Waals surface area contributed by atoms with E-state index in [4.69, 9.17) is 17.3 Å². The van der Waals surface area contributed by atoms with Crippen LogP contribution in [0.25, 0.3) is 0 Å². The fourth-order valence-corrected chi connectivity index (χ4v) is 2.76. The number of hydrogen-bond acceptors (Lipinski definition) is 4. The predicted molar refractivity (Wildman–Crippen MR) is 76.6 cm³/mol. The van der Waals surface area contributed by atoms with E-state index in [1.807, 2.05) is 4.90 Å². The lowest BCUT2D eigenvalue weighted by Crippen LogP contribution is -2.42. The zero-order chi connectivity index (χ0) is 14.9. The molecule has 0 radical (unpaired) electrons. The molecule has 1 aliphatic rings. The molecule has 0 aliphatic carbocycles. The average molecular weight is 302 g/mol. The molecular formula is C13H17ClFN3O2. The van der Waals surface area contributed by atoms with Crippen molar-refractivity contribution < 1.29 is 9.31 Å². The number of nitrogens with two attached hydrogens (primary N) is 1. The van der Waals surface area contributed by atoms with Crippen LogP contribution in [0.5, 0.6) is 0 Å². The quantitative estimate of drug-likeness (QED) is 0.688. The highest BCUT2D eigenvalue weighted by molar-refractivity contribution is 6.31. The summed E-state index contributed by atoms with van der Waals surface area (Å²) in [5, 5.41) is 11.0. The first-order chi connectivity index (χ1) is 9.43. The van der Waals surface area contributed by atoms with Crippen LogP contribution in [0, 0.1) is 27.8 Å². The summed E-state index contributed by atoms with van der Waals surface area (Å²) in [5.74, 6) is -0.0266. The SMILES string of the molecule is CC1CCN(c2cc(Cl)c(F)cc2[N+](=O)[O-])CC1CN. The Bertz CT molecular complexity index is 527. The average Bonchev–Trinajstić information content (AvgIpc) is 2.41. The van der Waals surface area contributed by atoms with Crippen molar-refractivity contribution in [3.8, 4) is 0 Å². The Morgan fingerprint density at radius 1 is 1.60 bits per heavy atom. The highest BCUT2D eigenvalue weighted by Crippen LogP contribution is 2.36. The van der Waals surface area contributed by atoms with Crippen molar-refractivity contribution in [2.45, 2.75) is 13.3 Å². The summed E-state index contributed by atoms with van der Waals surface area (Å²) in [5.41, 5.74) is 5.85. The molecule has 7 heteroatoms. The number of nitro benzene ring substituents is 1. The van der Waals surface area contributed by atoms with Gasteiger partial charge in [-0.3, -0.25) is 10.1 Å². The monoisotopic (exact) mass is 301 g/mol. The zero-order valence-corrected chi connectivity index (χ0v) is 11.9. The van der Waals surface area contributed by atoms with Gasteiger partial charge in [-0.05, 0) is 30.9 Å². The van der Waals surface area contributed by atoms with E-state index >= 15 is 0 Å². The maximum atomic E-state index is 13.4. The van der Waals surface area contributed by atoms with Gasteiger partial charge in [0.05, 0.1) is 16.0 Å². The maximum Gasteiger partial charge on any atom is 0.295 e. The minimum Gasteiger partial charge on any atom is -0.366 e. The molecule has 2 atom stereocenters. The van der Waals surface area contributed by atoms with Gasteiger partial charge in [0.2, 0.25) is 0 Å². The van der Waals surface area contributed by atoms with Gasteiger partial charge in [-0.25, -0.2) is 4.39 Å². The molecule has 0 aromatic heterocycles. The number of anilines is 1. The van der Waals surface area contributed by atoms with Crippen LogP contribution in [-0.2, 0) is 0 Å². The van der Waals surface area contributed by atoms with Crippen LogP contribution in [0.1, 0.15) is 13.3 Å². The Morgan fingerprint density at radius 3 is 2.90 bits per heavy atom. The van der Waals surface area contributed by atoms with Gasteiger partial charge in [0, 0.05) is 13.1 Å². The number of halogens is 2. The van der Waals surface area contributed by atoms with Gasteiger partial charge in [0.15, 0.2) is 0 Å². The number of rotatable bonds is 3. The number of benzene rings is 1.